The van der Waals surface area contributed by atoms with Crippen molar-refractivity contribution in [3.05, 3.63) is 69.9 Å². The number of methoxy groups -OCH3 is 1. The molecule has 0 saturated carbocycles. The van der Waals surface area contributed by atoms with Crippen LogP contribution in [-0.2, 0) is 15.7 Å². The summed E-state index contributed by atoms with van der Waals surface area (Å²) in [6.45, 7) is 0. The summed E-state index contributed by atoms with van der Waals surface area (Å²) in [4.78, 5) is 16.1. The molecule has 0 bridgehead atoms. The van der Waals surface area contributed by atoms with E-state index in [1.165, 1.54) is 31.4 Å². The van der Waals surface area contributed by atoms with Crippen molar-refractivity contribution >= 4 is 29.5 Å². The number of rotatable bonds is 3. The highest BCUT2D eigenvalue weighted by Gasteiger charge is 2.31. The maximum absolute atomic E-state index is 12.8. The van der Waals surface area contributed by atoms with Crippen LogP contribution in [0.3, 0.4) is 0 Å². The zero-order chi connectivity index (χ0) is 18.9. The molecule has 26 heavy (non-hydrogen) atoms. The van der Waals surface area contributed by atoms with Crippen LogP contribution >= 0.6 is 11.6 Å². The Morgan fingerprint density at radius 2 is 1.96 bits per heavy atom. The minimum atomic E-state index is -4.48. The molecule has 1 aliphatic heterocycles. The number of cyclic esters (lactones) is 1. The van der Waals surface area contributed by atoms with Gasteiger partial charge < -0.3 is 9.47 Å². The predicted octanol–water partition coefficient (Wildman–Crippen LogP) is 4.71. The second kappa shape index (κ2) is 6.84. The highest BCUT2D eigenvalue weighted by molar-refractivity contribution is 6.31. The highest BCUT2D eigenvalue weighted by atomic mass is 35.5. The SMILES string of the molecule is COc1ccc(Cl)cc1C1=N/C(=C\c2cccc(C(F)(F)F)c2)C(=O)O1. The molecule has 0 aliphatic carbocycles. The quantitative estimate of drug-likeness (QED) is 0.571. The molecule has 4 nitrogen and oxygen atoms in total. The summed E-state index contributed by atoms with van der Waals surface area (Å²) >= 11 is 5.94. The van der Waals surface area contributed by atoms with Crippen LogP contribution < -0.4 is 4.74 Å². The molecular formula is C18H11ClF3NO3. The van der Waals surface area contributed by atoms with Gasteiger partial charge in [-0.3, -0.25) is 0 Å². The standard InChI is InChI=1S/C18H11ClF3NO3/c1-25-15-6-5-12(19)9-13(15)16-23-14(17(24)26-16)8-10-3-2-4-11(7-10)18(20,21)22/h2-9H,1H3/b14-8-. The number of carbonyl (C=O) groups excluding carboxylic acids is 1. The largest absolute Gasteiger partial charge is 0.496 e. The third-order valence-electron chi connectivity index (χ3n) is 3.53. The molecule has 0 aromatic heterocycles. The second-order valence-electron chi connectivity index (χ2n) is 5.30. The van der Waals surface area contributed by atoms with Crippen LogP contribution in [0, 0.1) is 0 Å². The summed E-state index contributed by atoms with van der Waals surface area (Å²) in [7, 11) is 1.43. The molecule has 0 atom stereocenters. The Hall–Kier alpha value is -2.80. The van der Waals surface area contributed by atoms with E-state index in [1.807, 2.05) is 0 Å². The number of alkyl halides is 3. The minimum Gasteiger partial charge on any atom is -0.496 e. The lowest BCUT2D eigenvalue weighted by atomic mass is 10.1. The number of hydrogen-bond donors (Lipinski definition) is 0. The van der Waals surface area contributed by atoms with Crippen LogP contribution in [0.25, 0.3) is 6.08 Å². The molecule has 2 aromatic rings. The Kier molecular flexibility index (Phi) is 4.73. The molecule has 0 amide bonds. The predicted molar refractivity (Wildman–Crippen MR) is 90.1 cm³/mol. The van der Waals surface area contributed by atoms with E-state index in [0.29, 0.717) is 16.3 Å². The number of ether oxygens (including phenoxy) is 2. The summed E-state index contributed by atoms with van der Waals surface area (Å²) in [6.07, 6.45) is -3.26. The van der Waals surface area contributed by atoms with Gasteiger partial charge in [0.25, 0.3) is 0 Å². The number of benzene rings is 2. The van der Waals surface area contributed by atoms with E-state index in [9.17, 15) is 18.0 Å². The first-order valence-electron chi connectivity index (χ1n) is 7.31. The van der Waals surface area contributed by atoms with Crippen molar-refractivity contribution in [2.75, 3.05) is 7.11 Å². The third kappa shape index (κ3) is 3.72. The van der Waals surface area contributed by atoms with E-state index in [-0.39, 0.29) is 17.2 Å². The van der Waals surface area contributed by atoms with Crippen molar-refractivity contribution in [3.63, 3.8) is 0 Å². The van der Waals surface area contributed by atoms with Gasteiger partial charge in [-0.25, -0.2) is 9.79 Å². The number of halogens is 4. The molecule has 8 heteroatoms. The number of hydrogen-bond acceptors (Lipinski definition) is 4. The third-order valence-corrected chi connectivity index (χ3v) is 3.76. The normalized spacial score (nSPS) is 15.8. The van der Waals surface area contributed by atoms with Crippen LogP contribution in [0.15, 0.2) is 53.2 Å². The number of carbonyl (C=O) groups is 1. The molecule has 1 heterocycles. The molecule has 0 unspecified atom stereocenters. The molecule has 3 rings (SSSR count). The number of nitrogens with zero attached hydrogens (tertiary/aromatic N) is 1. The Morgan fingerprint density at radius 3 is 2.65 bits per heavy atom. The average molecular weight is 382 g/mol. The Labute approximate surface area is 151 Å². The van der Waals surface area contributed by atoms with E-state index in [0.717, 1.165) is 12.1 Å². The van der Waals surface area contributed by atoms with Gasteiger partial charge in [0.1, 0.15) is 5.75 Å². The van der Waals surface area contributed by atoms with Gasteiger partial charge in [-0.05, 0) is 42.0 Å². The average Bonchev–Trinajstić information content (AvgIpc) is 2.95. The van der Waals surface area contributed by atoms with Gasteiger partial charge >= 0.3 is 12.1 Å². The molecule has 0 radical (unpaired) electrons. The van der Waals surface area contributed by atoms with Crippen molar-refractivity contribution < 1.29 is 27.4 Å². The first-order valence-corrected chi connectivity index (χ1v) is 7.69. The fourth-order valence-corrected chi connectivity index (χ4v) is 2.51. The van der Waals surface area contributed by atoms with Crippen molar-refractivity contribution in [3.8, 4) is 5.75 Å². The van der Waals surface area contributed by atoms with E-state index >= 15 is 0 Å². The number of aliphatic imine (C=N–C) groups is 1. The first kappa shape index (κ1) is 18.0. The Bertz CT molecular complexity index is 936. The summed E-state index contributed by atoms with van der Waals surface area (Å²) in [5.74, 6) is -0.423. The van der Waals surface area contributed by atoms with Crippen LogP contribution in [-0.4, -0.2) is 19.0 Å². The lowest BCUT2D eigenvalue weighted by molar-refractivity contribution is -0.137. The molecule has 0 spiro atoms. The maximum atomic E-state index is 12.8. The first-order chi connectivity index (χ1) is 12.3. The van der Waals surface area contributed by atoms with E-state index in [1.54, 1.807) is 12.1 Å². The van der Waals surface area contributed by atoms with E-state index < -0.39 is 17.7 Å². The number of esters is 1. The topological polar surface area (TPSA) is 47.9 Å². The zero-order valence-electron chi connectivity index (χ0n) is 13.3. The van der Waals surface area contributed by atoms with Crippen molar-refractivity contribution in [2.45, 2.75) is 6.18 Å². The molecule has 1 aliphatic rings. The lowest BCUT2D eigenvalue weighted by Gasteiger charge is -2.07. The lowest BCUT2D eigenvalue weighted by Crippen LogP contribution is -2.07. The van der Waals surface area contributed by atoms with Crippen molar-refractivity contribution in [1.82, 2.24) is 0 Å². The fraction of sp³-hybridized carbons (Fsp3) is 0.111. The summed E-state index contributed by atoms with van der Waals surface area (Å²) in [5.41, 5.74) is -0.407. The van der Waals surface area contributed by atoms with E-state index in [4.69, 9.17) is 21.1 Å². The molecular weight excluding hydrogens is 371 g/mol. The van der Waals surface area contributed by atoms with Crippen molar-refractivity contribution in [2.24, 2.45) is 4.99 Å². The molecule has 2 aromatic carbocycles. The van der Waals surface area contributed by atoms with Gasteiger partial charge in [0.05, 0.1) is 18.2 Å². The van der Waals surface area contributed by atoms with E-state index in [2.05, 4.69) is 4.99 Å². The minimum absolute atomic E-state index is 0.0347. The summed E-state index contributed by atoms with van der Waals surface area (Å²) in [6, 6.07) is 9.25. The van der Waals surface area contributed by atoms with Crippen molar-refractivity contribution in [1.29, 1.82) is 0 Å². The highest BCUT2D eigenvalue weighted by Crippen LogP contribution is 2.31. The molecule has 134 valence electrons. The Balaban J connectivity index is 1.99. The van der Waals surface area contributed by atoms with Gasteiger partial charge in [0, 0.05) is 5.02 Å². The Morgan fingerprint density at radius 1 is 1.19 bits per heavy atom. The smallest absolute Gasteiger partial charge is 0.416 e. The molecule has 0 N–H and O–H groups in total. The fourth-order valence-electron chi connectivity index (χ4n) is 2.33. The van der Waals surface area contributed by atoms with Crippen LogP contribution in [0.1, 0.15) is 16.7 Å². The zero-order valence-corrected chi connectivity index (χ0v) is 14.1. The van der Waals surface area contributed by atoms with Gasteiger partial charge in [-0.15, -0.1) is 0 Å². The maximum Gasteiger partial charge on any atom is 0.416 e. The molecule has 0 saturated heterocycles. The summed E-state index contributed by atoms with van der Waals surface area (Å²) < 4.78 is 48.7. The second-order valence-corrected chi connectivity index (χ2v) is 5.74. The van der Waals surface area contributed by atoms with Gasteiger partial charge in [0.2, 0.25) is 5.90 Å². The monoisotopic (exact) mass is 381 g/mol. The van der Waals surface area contributed by atoms with Gasteiger partial charge in [-0.2, -0.15) is 13.2 Å². The van der Waals surface area contributed by atoms with Crippen LogP contribution in [0.5, 0.6) is 5.75 Å². The van der Waals surface area contributed by atoms with Crippen LogP contribution in [0.4, 0.5) is 13.2 Å². The molecule has 0 fully saturated rings. The van der Waals surface area contributed by atoms with Gasteiger partial charge in [-0.1, -0.05) is 23.7 Å². The van der Waals surface area contributed by atoms with Gasteiger partial charge in [0.15, 0.2) is 5.70 Å². The van der Waals surface area contributed by atoms with Crippen LogP contribution in [0.2, 0.25) is 5.02 Å². The summed E-state index contributed by atoms with van der Waals surface area (Å²) in [5, 5.41) is 0.384.